The zero-order chi connectivity index (χ0) is 35.0. The predicted molar refractivity (Wildman–Crippen MR) is 195 cm³/mol. The average Bonchev–Trinajstić information content (AvgIpc) is 3.44. The molecular weight excluding hydrogens is 635 g/mol. The number of thioether (sulfide) groups is 1. The molecule has 0 radical (unpaired) electrons. The van der Waals surface area contributed by atoms with E-state index in [1.165, 1.54) is 11.8 Å². The zero-order valence-corrected chi connectivity index (χ0v) is 29.2. The van der Waals surface area contributed by atoms with Crippen LogP contribution in [0.15, 0.2) is 114 Å². The van der Waals surface area contributed by atoms with Crippen LogP contribution in [0.1, 0.15) is 74.0 Å². The van der Waals surface area contributed by atoms with Gasteiger partial charge in [0.2, 0.25) is 5.91 Å². The van der Waals surface area contributed by atoms with Crippen molar-refractivity contribution in [3.8, 4) is 0 Å². The van der Waals surface area contributed by atoms with Gasteiger partial charge < -0.3 is 19.3 Å². The Kier molecular flexibility index (Phi) is 11.6. The molecule has 0 aliphatic heterocycles. The number of carbonyl (C=O) groups excluding carboxylic acids is 2. The molecule has 254 valence electrons. The molecule has 1 aromatic heterocycles. The van der Waals surface area contributed by atoms with Crippen LogP contribution in [0.25, 0.3) is 11.0 Å². The summed E-state index contributed by atoms with van der Waals surface area (Å²) in [7, 11) is 0. The summed E-state index contributed by atoms with van der Waals surface area (Å²) >= 11 is 1.49. The molecule has 5 aromatic rings. The number of hydrogen-bond donors (Lipinski definition) is 1. The Labute approximate surface area is 292 Å². The van der Waals surface area contributed by atoms with E-state index in [9.17, 15) is 19.5 Å². The van der Waals surface area contributed by atoms with E-state index in [1.807, 2.05) is 110 Å². The fourth-order valence-corrected chi connectivity index (χ4v) is 7.06. The number of fused-ring (bicyclic) bond motifs is 1. The number of nitrogens with zero attached hydrogens (tertiary/aromatic N) is 3. The number of ether oxygens (including phenoxy) is 1. The minimum Gasteiger partial charge on any atom is -0.480 e. The SMILES string of the molecule is CCOC(=O)c1ccc(N(CCCSc2nc3ccccc3n2C(C(=O)O)C(C)(C)C)C(=O)CC(c2ccccc2)c2ccccc2)cc1. The third-order valence-electron chi connectivity index (χ3n) is 8.41. The van der Waals surface area contributed by atoms with Crippen molar-refractivity contribution >= 4 is 46.3 Å². The highest BCUT2D eigenvalue weighted by molar-refractivity contribution is 7.99. The van der Waals surface area contributed by atoms with Crippen molar-refractivity contribution < 1.29 is 24.2 Å². The van der Waals surface area contributed by atoms with Crippen molar-refractivity contribution in [1.29, 1.82) is 0 Å². The van der Waals surface area contributed by atoms with Crippen LogP contribution in [0.4, 0.5) is 5.69 Å². The molecular formula is C40H43N3O5S. The van der Waals surface area contributed by atoms with E-state index in [2.05, 4.69) is 0 Å². The van der Waals surface area contributed by atoms with Gasteiger partial charge in [0.1, 0.15) is 6.04 Å². The molecule has 0 aliphatic carbocycles. The summed E-state index contributed by atoms with van der Waals surface area (Å²) in [4.78, 5) is 45.8. The first kappa shape index (κ1) is 35.4. The lowest BCUT2D eigenvalue weighted by Crippen LogP contribution is -2.33. The van der Waals surface area contributed by atoms with Crippen molar-refractivity contribution in [2.45, 2.75) is 57.7 Å². The summed E-state index contributed by atoms with van der Waals surface area (Å²) in [5, 5.41) is 10.9. The summed E-state index contributed by atoms with van der Waals surface area (Å²) in [5.74, 6) is -0.903. The molecule has 8 nitrogen and oxygen atoms in total. The molecule has 4 aromatic carbocycles. The Morgan fingerprint density at radius 3 is 2.02 bits per heavy atom. The second-order valence-electron chi connectivity index (χ2n) is 13.0. The lowest BCUT2D eigenvalue weighted by atomic mass is 9.86. The molecule has 0 saturated carbocycles. The molecule has 5 rings (SSSR count). The van der Waals surface area contributed by atoms with E-state index < -0.39 is 23.4 Å². The zero-order valence-electron chi connectivity index (χ0n) is 28.4. The lowest BCUT2D eigenvalue weighted by molar-refractivity contribution is -0.144. The highest BCUT2D eigenvalue weighted by atomic mass is 32.2. The van der Waals surface area contributed by atoms with Gasteiger partial charge in [0, 0.05) is 30.3 Å². The third-order valence-corrected chi connectivity index (χ3v) is 9.45. The molecule has 0 saturated heterocycles. The minimum atomic E-state index is -0.910. The number of aromatic nitrogens is 2. The number of hydrogen-bond acceptors (Lipinski definition) is 6. The van der Waals surface area contributed by atoms with Gasteiger partial charge in [-0.05, 0) is 66.3 Å². The monoisotopic (exact) mass is 677 g/mol. The van der Waals surface area contributed by atoms with Crippen molar-refractivity contribution in [1.82, 2.24) is 9.55 Å². The Hall–Kier alpha value is -4.89. The molecule has 1 unspecified atom stereocenters. The van der Waals surface area contributed by atoms with Crippen molar-refractivity contribution in [3.05, 3.63) is 126 Å². The van der Waals surface area contributed by atoms with Crippen LogP contribution < -0.4 is 4.90 Å². The van der Waals surface area contributed by atoms with Gasteiger partial charge >= 0.3 is 11.9 Å². The number of esters is 1. The highest BCUT2D eigenvalue weighted by Gasteiger charge is 2.36. The number of amides is 1. The number of carboxylic acid groups (broad SMARTS) is 1. The summed E-state index contributed by atoms with van der Waals surface area (Å²) in [6, 6.07) is 33.8. The van der Waals surface area contributed by atoms with E-state index in [1.54, 1.807) is 36.1 Å². The van der Waals surface area contributed by atoms with Gasteiger partial charge in [-0.15, -0.1) is 0 Å². The van der Waals surface area contributed by atoms with Crippen LogP contribution in [-0.2, 0) is 14.3 Å². The minimum absolute atomic E-state index is 0.0440. The van der Waals surface area contributed by atoms with Gasteiger partial charge in [-0.2, -0.15) is 0 Å². The van der Waals surface area contributed by atoms with Crippen LogP contribution in [-0.4, -0.2) is 51.4 Å². The topological polar surface area (TPSA) is 102 Å². The van der Waals surface area contributed by atoms with Gasteiger partial charge in [-0.25, -0.2) is 14.6 Å². The van der Waals surface area contributed by atoms with E-state index in [0.717, 1.165) is 22.2 Å². The smallest absolute Gasteiger partial charge is 0.338 e. The van der Waals surface area contributed by atoms with Gasteiger partial charge in [0.05, 0.1) is 23.2 Å². The molecule has 9 heteroatoms. The number of carboxylic acids is 1. The fraction of sp³-hybridized carbons (Fsp3) is 0.300. The maximum Gasteiger partial charge on any atom is 0.338 e. The number of benzene rings is 4. The van der Waals surface area contributed by atoms with Crippen LogP contribution in [0.5, 0.6) is 0 Å². The molecule has 1 amide bonds. The fourth-order valence-electron chi connectivity index (χ4n) is 6.10. The molecule has 1 atom stereocenters. The first-order valence-corrected chi connectivity index (χ1v) is 17.6. The van der Waals surface area contributed by atoms with Crippen molar-refractivity contribution in [3.63, 3.8) is 0 Å². The summed E-state index contributed by atoms with van der Waals surface area (Å²) in [6.45, 7) is 8.22. The number of aliphatic carboxylic acids is 1. The molecule has 0 aliphatic rings. The molecule has 0 spiro atoms. The number of rotatable bonds is 14. The molecule has 1 N–H and O–H groups in total. The predicted octanol–water partition coefficient (Wildman–Crippen LogP) is 8.62. The largest absolute Gasteiger partial charge is 0.480 e. The third kappa shape index (κ3) is 8.59. The second-order valence-corrected chi connectivity index (χ2v) is 14.0. The van der Waals surface area contributed by atoms with E-state index in [4.69, 9.17) is 9.72 Å². The van der Waals surface area contributed by atoms with Crippen molar-refractivity contribution in [2.24, 2.45) is 5.41 Å². The Balaban J connectivity index is 1.40. The quantitative estimate of drug-likeness (QED) is 0.0713. The van der Waals surface area contributed by atoms with Gasteiger partial charge in [-0.3, -0.25) is 4.79 Å². The molecule has 49 heavy (non-hydrogen) atoms. The molecule has 1 heterocycles. The average molecular weight is 678 g/mol. The van der Waals surface area contributed by atoms with Gasteiger partial charge in [0.25, 0.3) is 0 Å². The van der Waals surface area contributed by atoms with Gasteiger partial charge in [-0.1, -0.05) is 105 Å². The second kappa shape index (κ2) is 16.0. The summed E-state index contributed by atoms with van der Waals surface area (Å²) in [5.41, 5.74) is 4.18. The first-order chi connectivity index (χ1) is 23.6. The summed E-state index contributed by atoms with van der Waals surface area (Å²) < 4.78 is 7.00. The van der Waals surface area contributed by atoms with E-state index >= 15 is 0 Å². The van der Waals surface area contributed by atoms with Crippen LogP contribution >= 0.6 is 11.8 Å². The van der Waals surface area contributed by atoms with Crippen LogP contribution in [0.3, 0.4) is 0 Å². The molecule has 0 fully saturated rings. The molecule has 0 bridgehead atoms. The van der Waals surface area contributed by atoms with Gasteiger partial charge in [0.15, 0.2) is 5.16 Å². The van der Waals surface area contributed by atoms with E-state index in [0.29, 0.717) is 35.1 Å². The van der Waals surface area contributed by atoms with E-state index in [-0.39, 0.29) is 24.9 Å². The van der Waals surface area contributed by atoms with Crippen LogP contribution in [0, 0.1) is 5.41 Å². The Bertz CT molecular complexity index is 1830. The summed E-state index contributed by atoms with van der Waals surface area (Å²) in [6.07, 6.45) is 0.871. The van der Waals surface area contributed by atoms with Crippen LogP contribution in [0.2, 0.25) is 0 Å². The highest BCUT2D eigenvalue weighted by Crippen LogP contribution is 2.38. The number of imidazole rings is 1. The number of anilines is 1. The van der Waals surface area contributed by atoms with Crippen molar-refractivity contribution in [2.75, 3.05) is 23.8 Å². The number of para-hydroxylation sites is 2. The number of carbonyl (C=O) groups is 3. The lowest BCUT2D eigenvalue weighted by Gasteiger charge is -2.30. The maximum absolute atomic E-state index is 14.3. The maximum atomic E-state index is 14.3. The standard InChI is InChI=1S/C40H43N3O5S/c1-5-48-38(47)30-21-23-31(24-22-30)42(35(44)27-32(28-15-8-6-9-16-28)29-17-10-7-11-18-29)25-14-26-49-39-41-33-19-12-13-20-34(33)43(39)36(37(45)46)40(2,3)4/h6-13,15-24,32,36H,5,14,25-27H2,1-4H3,(H,45,46). The Morgan fingerprint density at radius 1 is 0.857 bits per heavy atom. The normalized spacial score (nSPS) is 12.2. The first-order valence-electron chi connectivity index (χ1n) is 16.6. The Morgan fingerprint density at radius 2 is 1.45 bits per heavy atom.